The van der Waals surface area contributed by atoms with Crippen molar-refractivity contribution in [2.45, 2.75) is 13.8 Å². The van der Waals surface area contributed by atoms with Crippen LogP contribution in [0.3, 0.4) is 0 Å². The molecule has 0 unspecified atom stereocenters. The molecule has 0 spiro atoms. The number of nitrogens with one attached hydrogen (secondary N) is 2. The molecule has 0 bridgehead atoms. The van der Waals surface area contributed by atoms with E-state index < -0.39 is 6.03 Å². The number of carbonyl (C=O) groups is 3. The van der Waals surface area contributed by atoms with Gasteiger partial charge in [-0.15, -0.1) is 0 Å². The Balaban J connectivity index is 1.66. The molecule has 7 nitrogen and oxygen atoms in total. The Labute approximate surface area is 138 Å². The molecule has 0 radical (unpaired) electrons. The summed E-state index contributed by atoms with van der Waals surface area (Å²) < 4.78 is 5.51. The quantitative estimate of drug-likeness (QED) is 0.771. The second-order valence-corrected chi connectivity index (χ2v) is 5.95. The predicted molar refractivity (Wildman–Crippen MR) is 87.5 cm³/mol. The molecule has 1 aliphatic rings. The number of nitrogens with zero attached hydrogens (tertiary/aromatic N) is 1. The summed E-state index contributed by atoms with van der Waals surface area (Å²) in [4.78, 5) is 35.5. The van der Waals surface area contributed by atoms with E-state index in [9.17, 15) is 14.4 Å². The largest absolute Gasteiger partial charge is 0.473 e. The van der Waals surface area contributed by atoms with Crippen LogP contribution in [0.15, 0.2) is 18.2 Å². The predicted octanol–water partition coefficient (Wildman–Crippen LogP) is 1.63. The number of carbonyl (C=O) groups excluding carboxylic acids is 3. The summed E-state index contributed by atoms with van der Waals surface area (Å²) in [6.45, 7) is 4.35. The molecule has 0 aromatic heterocycles. The Morgan fingerprint density at radius 1 is 1.30 bits per heavy atom. The van der Waals surface area contributed by atoms with Crippen LogP contribution in [-0.2, 0) is 4.79 Å². The molecule has 1 aromatic rings. The number of aryl methyl sites for hydroxylation is 1. The first-order chi connectivity index (χ1) is 11.0. The number of urea groups is 1. The summed E-state index contributed by atoms with van der Waals surface area (Å²) in [5.74, 6) is 0.672. The molecular weight excluding hydrogens is 318 g/mol. The lowest BCUT2D eigenvalue weighted by Crippen LogP contribution is -2.42. The monoisotopic (exact) mass is 337 g/mol. The van der Waals surface area contributed by atoms with Gasteiger partial charge in [0.2, 0.25) is 5.91 Å². The van der Waals surface area contributed by atoms with Crippen LogP contribution in [0.1, 0.15) is 11.1 Å². The van der Waals surface area contributed by atoms with Gasteiger partial charge in [-0.25, -0.2) is 4.79 Å². The molecule has 1 heterocycles. The molecule has 4 amide bonds. The maximum absolute atomic E-state index is 11.6. The fraction of sp³-hybridized carbons (Fsp3) is 0.400. The van der Waals surface area contributed by atoms with E-state index in [1.54, 1.807) is 0 Å². The molecule has 8 heteroatoms. The van der Waals surface area contributed by atoms with Gasteiger partial charge in [-0.2, -0.15) is 0 Å². The van der Waals surface area contributed by atoms with Crippen LogP contribution in [0.25, 0.3) is 0 Å². The maximum atomic E-state index is 11.6. The minimum absolute atomic E-state index is 0.0353. The Hall–Kier alpha value is -2.22. The van der Waals surface area contributed by atoms with E-state index >= 15 is 0 Å². The van der Waals surface area contributed by atoms with Gasteiger partial charge in [0.1, 0.15) is 5.75 Å². The van der Waals surface area contributed by atoms with Crippen molar-refractivity contribution < 1.29 is 19.1 Å². The molecule has 1 saturated heterocycles. The third-order valence-corrected chi connectivity index (χ3v) is 4.34. The zero-order chi connectivity index (χ0) is 16.8. The van der Waals surface area contributed by atoms with Gasteiger partial charge in [0.15, 0.2) is 6.73 Å². The SMILES string of the molecule is Cc1cccc(OCNC(=O)NCCN2C(=O)CSC2=O)c1C. The number of amides is 4. The average molecular weight is 337 g/mol. The third kappa shape index (κ3) is 4.62. The second kappa shape index (κ2) is 7.87. The fourth-order valence-electron chi connectivity index (χ4n) is 2.00. The zero-order valence-corrected chi connectivity index (χ0v) is 13.9. The summed E-state index contributed by atoms with van der Waals surface area (Å²) in [6, 6.07) is 5.30. The molecule has 1 fully saturated rings. The molecule has 2 rings (SSSR count). The van der Waals surface area contributed by atoms with Crippen LogP contribution in [-0.4, -0.2) is 47.7 Å². The molecular formula is C15H19N3O4S. The lowest BCUT2D eigenvalue weighted by molar-refractivity contribution is -0.124. The lowest BCUT2D eigenvalue weighted by Gasteiger charge is -2.14. The highest BCUT2D eigenvalue weighted by Gasteiger charge is 2.29. The molecule has 23 heavy (non-hydrogen) atoms. The van der Waals surface area contributed by atoms with Crippen LogP contribution in [0, 0.1) is 13.8 Å². The van der Waals surface area contributed by atoms with Gasteiger partial charge in [0, 0.05) is 13.1 Å². The van der Waals surface area contributed by atoms with Crippen molar-refractivity contribution in [1.29, 1.82) is 0 Å². The van der Waals surface area contributed by atoms with Gasteiger partial charge in [-0.3, -0.25) is 14.5 Å². The van der Waals surface area contributed by atoms with Gasteiger partial charge in [0.25, 0.3) is 5.24 Å². The summed E-state index contributed by atoms with van der Waals surface area (Å²) in [6.07, 6.45) is 0. The number of imide groups is 1. The van der Waals surface area contributed by atoms with Gasteiger partial charge in [0.05, 0.1) is 5.75 Å². The van der Waals surface area contributed by atoms with Crippen molar-refractivity contribution in [1.82, 2.24) is 15.5 Å². The van der Waals surface area contributed by atoms with Crippen LogP contribution >= 0.6 is 11.8 Å². The topological polar surface area (TPSA) is 87.7 Å². The minimum atomic E-state index is -0.415. The zero-order valence-electron chi connectivity index (χ0n) is 13.0. The van der Waals surface area contributed by atoms with Gasteiger partial charge >= 0.3 is 6.03 Å². The molecule has 0 aliphatic carbocycles. The first kappa shape index (κ1) is 17.1. The fourth-order valence-corrected chi connectivity index (χ4v) is 2.75. The molecule has 0 atom stereocenters. The highest BCUT2D eigenvalue weighted by molar-refractivity contribution is 8.14. The maximum Gasteiger partial charge on any atom is 0.317 e. The molecule has 1 aliphatic heterocycles. The summed E-state index contributed by atoms with van der Waals surface area (Å²) in [7, 11) is 0. The molecule has 2 N–H and O–H groups in total. The van der Waals surface area contributed by atoms with Crippen molar-refractivity contribution in [3.8, 4) is 5.75 Å². The van der Waals surface area contributed by atoms with Crippen molar-refractivity contribution in [2.24, 2.45) is 0 Å². The van der Waals surface area contributed by atoms with Crippen LogP contribution in [0.4, 0.5) is 9.59 Å². The van der Waals surface area contributed by atoms with Gasteiger partial charge in [-0.05, 0) is 31.0 Å². The van der Waals surface area contributed by atoms with Crippen molar-refractivity contribution >= 4 is 28.9 Å². The molecule has 1 aromatic carbocycles. The Morgan fingerprint density at radius 3 is 2.78 bits per heavy atom. The van der Waals surface area contributed by atoms with Gasteiger partial charge < -0.3 is 15.4 Å². The number of rotatable bonds is 6. The van der Waals surface area contributed by atoms with Crippen LogP contribution in [0.5, 0.6) is 5.75 Å². The van der Waals surface area contributed by atoms with E-state index in [2.05, 4.69) is 10.6 Å². The van der Waals surface area contributed by atoms with Gasteiger partial charge in [-0.1, -0.05) is 23.9 Å². The van der Waals surface area contributed by atoms with E-state index in [4.69, 9.17) is 4.74 Å². The first-order valence-electron chi connectivity index (χ1n) is 7.17. The summed E-state index contributed by atoms with van der Waals surface area (Å²) >= 11 is 0.975. The summed E-state index contributed by atoms with van der Waals surface area (Å²) in [5.41, 5.74) is 2.14. The van der Waals surface area contributed by atoms with E-state index in [0.717, 1.165) is 33.5 Å². The highest BCUT2D eigenvalue weighted by atomic mass is 32.2. The lowest BCUT2D eigenvalue weighted by atomic mass is 10.1. The second-order valence-electron chi connectivity index (χ2n) is 5.02. The Kier molecular flexibility index (Phi) is 5.86. The third-order valence-electron chi connectivity index (χ3n) is 3.48. The first-order valence-corrected chi connectivity index (χ1v) is 8.15. The smallest absolute Gasteiger partial charge is 0.317 e. The highest BCUT2D eigenvalue weighted by Crippen LogP contribution is 2.20. The Morgan fingerprint density at radius 2 is 2.09 bits per heavy atom. The number of hydrogen-bond donors (Lipinski definition) is 2. The van der Waals surface area contributed by atoms with Crippen molar-refractivity contribution in [3.63, 3.8) is 0 Å². The van der Waals surface area contributed by atoms with Crippen LogP contribution in [0.2, 0.25) is 0 Å². The number of benzene rings is 1. The van der Waals surface area contributed by atoms with E-state index in [1.165, 1.54) is 0 Å². The normalized spacial score (nSPS) is 14.1. The minimum Gasteiger partial charge on any atom is -0.473 e. The number of hydrogen-bond acceptors (Lipinski definition) is 5. The Bertz CT molecular complexity index is 605. The molecule has 124 valence electrons. The van der Waals surface area contributed by atoms with Crippen molar-refractivity contribution in [3.05, 3.63) is 29.3 Å². The number of thioether (sulfide) groups is 1. The summed E-state index contributed by atoms with van der Waals surface area (Å²) in [5, 5.41) is 4.87. The van der Waals surface area contributed by atoms with E-state index in [1.807, 2.05) is 32.0 Å². The van der Waals surface area contributed by atoms with Crippen molar-refractivity contribution in [2.75, 3.05) is 25.6 Å². The average Bonchev–Trinajstić information content (AvgIpc) is 2.83. The van der Waals surface area contributed by atoms with E-state index in [-0.39, 0.29) is 36.7 Å². The standard InChI is InChI=1S/C15H19N3O4S/c1-10-4-3-5-12(11(10)2)22-9-17-14(20)16-6-7-18-13(19)8-23-15(18)21/h3-5H,6-9H2,1-2H3,(H2,16,17,20). The molecule has 0 saturated carbocycles. The number of ether oxygens (including phenoxy) is 1. The van der Waals surface area contributed by atoms with E-state index in [0.29, 0.717) is 0 Å². The van der Waals surface area contributed by atoms with Crippen LogP contribution < -0.4 is 15.4 Å².